The Kier molecular flexibility index (Phi) is 5.84. The molecule has 0 atom stereocenters. The molecule has 0 radical (unpaired) electrons. The zero-order valence-corrected chi connectivity index (χ0v) is 19.9. The van der Waals surface area contributed by atoms with Gasteiger partial charge < -0.3 is 9.31 Å². The smallest absolute Gasteiger partial charge is 0.399 e. The average molecular weight is 441 g/mol. The van der Waals surface area contributed by atoms with Crippen LogP contribution in [-0.2, 0) is 25.7 Å². The lowest BCUT2D eigenvalue weighted by Crippen LogP contribution is -2.48. The molecule has 0 aromatic heterocycles. The summed E-state index contributed by atoms with van der Waals surface area (Å²) in [6, 6.07) is 17.0. The van der Waals surface area contributed by atoms with E-state index in [1.807, 2.05) is 0 Å². The van der Waals surface area contributed by atoms with E-state index in [4.69, 9.17) is 9.31 Å². The summed E-state index contributed by atoms with van der Waals surface area (Å²) in [5.74, 6) is 0.571. The summed E-state index contributed by atoms with van der Waals surface area (Å²) in [5.41, 5.74) is 3.92. The minimum Gasteiger partial charge on any atom is -0.399 e. The van der Waals surface area contributed by atoms with Crippen LogP contribution < -0.4 is 5.46 Å². The maximum atomic E-state index is 11.4. The Balaban J connectivity index is 1.35. The first-order chi connectivity index (χ1) is 14.4. The van der Waals surface area contributed by atoms with Crippen LogP contribution in [0.3, 0.4) is 0 Å². The van der Waals surface area contributed by atoms with E-state index in [2.05, 4.69) is 81.1 Å². The highest BCUT2D eigenvalue weighted by molar-refractivity contribution is 7.90. The molecule has 2 aliphatic rings. The fourth-order valence-corrected chi connectivity index (χ4v) is 5.28. The lowest BCUT2D eigenvalue weighted by molar-refractivity contribution is 0.00578. The van der Waals surface area contributed by atoms with Gasteiger partial charge in [0.05, 0.1) is 17.0 Å². The van der Waals surface area contributed by atoms with Crippen molar-refractivity contribution in [3.8, 4) is 11.1 Å². The Morgan fingerprint density at radius 3 is 1.87 bits per heavy atom. The average Bonchev–Trinajstić information content (AvgIpc) is 2.87. The van der Waals surface area contributed by atoms with Gasteiger partial charge in [-0.05, 0) is 55.8 Å². The molecule has 0 unspecified atom stereocenters. The first-order valence-corrected chi connectivity index (χ1v) is 12.9. The van der Waals surface area contributed by atoms with Gasteiger partial charge in [0.2, 0.25) is 0 Å². The highest BCUT2D eigenvalue weighted by Gasteiger charge is 2.51. The van der Waals surface area contributed by atoms with Crippen molar-refractivity contribution in [3.05, 3.63) is 54.1 Å². The quantitative estimate of drug-likeness (QED) is 0.645. The van der Waals surface area contributed by atoms with Crippen molar-refractivity contribution in [2.45, 2.75) is 45.4 Å². The highest BCUT2D eigenvalue weighted by atomic mass is 32.2. The van der Waals surface area contributed by atoms with Crippen molar-refractivity contribution in [3.63, 3.8) is 0 Å². The van der Waals surface area contributed by atoms with Crippen LogP contribution in [0.5, 0.6) is 0 Å². The third-order valence-electron chi connectivity index (χ3n) is 6.70. The second-order valence-electron chi connectivity index (χ2n) is 10.1. The van der Waals surface area contributed by atoms with Crippen LogP contribution >= 0.6 is 0 Å². The zero-order valence-electron chi connectivity index (χ0n) is 19.1. The first-order valence-electron chi connectivity index (χ1n) is 10.9. The van der Waals surface area contributed by atoms with Crippen molar-refractivity contribution in [1.29, 1.82) is 0 Å². The number of rotatable bonds is 6. The fourth-order valence-electron chi connectivity index (χ4n) is 4.21. The number of sulfone groups is 1. The minimum atomic E-state index is -2.88. The van der Waals surface area contributed by atoms with Crippen molar-refractivity contribution < 1.29 is 17.7 Å². The number of benzene rings is 2. The SMILES string of the molecule is CC1(C)OB(c2ccc(-c3ccc(CN4CC(CS(C)(=O)=O)C4)cc3)cc2)OC1(C)C. The summed E-state index contributed by atoms with van der Waals surface area (Å²) in [5, 5.41) is 0. The molecule has 0 spiro atoms. The van der Waals surface area contributed by atoms with Gasteiger partial charge in [-0.3, -0.25) is 4.90 Å². The van der Waals surface area contributed by atoms with Gasteiger partial charge in [-0.1, -0.05) is 48.5 Å². The third-order valence-corrected chi connectivity index (χ3v) is 7.78. The van der Waals surface area contributed by atoms with Crippen LogP contribution in [0.25, 0.3) is 11.1 Å². The molecule has 2 saturated heterocycles. The normalized spacial score (nSPS) is 21.3. The van der Waals surface area contributed by atoms with Crippen molar-refractivity contribution >= 4 is 22.4 Å². The molecule has 0 bridgehead atoms. The van der Waals surface area contributed by atoms with Gasteiger partial charge >= 0.3 is 7.12 Å². The van der Waals surface area contributed by atoms with Gasteiger partial charge in [0.15, 0.2) is 0 Å². The lowest BCUT2D eigenvalue weighted by Gasteiger charge is -2.39. The van der Waals surface area contributed by atoms with Crippen LogP contribution in [0.4, 0.5) is 0 Å². The molecule has 4 rings (SSSR count). The topological polar surface area (TPSA) is 55.8 Å². The molecule has 0 aliphatic carbocycles. The minimum absolute atomic E-state index is 0.275. The second kappa shape index (κ2) is 8.03. The van der Waals surface area contributed by atoms with Crippen LogP contribution in [0.15, 0.2) is 48.5 Å². The van der Waals surface area contributed by atoms with Crippen LogP contribution in [0.2, 0.25) is 0 Å². The third kappa shape index (κ3) is 5.06. The molecule has 31 heavy (non-hydrogen) atoms. The van der Waals surface area contributed by atoms with Gasteiger partial charge in [0.1, 0.15) is 9.84 Å². The molecule has 0 saturated carbocycles. The van der Waals surface area contributed by atoms with Crippen LogP contribution in [0.1, 0.15) is 33.3 Å². The predicted octanol–water partition coefficient (Wildman–Crippen LogP) is 3.13. The molecule has 0 amide bonds. The summed E-state index contributed by atoms with van der Waals surface area (Å²) in [6.07, 6.45) is 1.32. The second-order valence-corrected chi connectivity index (χ2v) is 12.2. The van der Waals surface area contributed by atoms with E-state index in [0.717, 1.165) is 30.7 Å². The lowest BCUT2D eigenvalue weighted by atomic mass is 9.78. The van der Waals surface area contributed by atoms with Gasteiger partial charge in [-0.15, -0.1) is 0 Å². The van der Waals surface area contributed by atoms with Gasteiger partial charge in [-0.25, -0.2) is 8.42 Å². The Morgan fingerprint density at radius 2 is 1.39 bits per heavy atom. The van der Waals surface area contributed by atoms with Crippen LogP contribution in [-0.4, -0.2) is 56.7 Å². The van der Waals surface area contributed by atoms with E-state index in [1.54, 1.807) is 0 Å². The van der Waals surface area contributed by atoms with E-state index in [1.165, 1.54) is 17.4 Å². The molecule has 2 aromatic carbocycles. The number of hydrogen-bond donors (Lipinski definition) is 0. The molecule has 0 N–H and O–H groups in total. The molecule has 166 valence electrons. The maximum Gasteiger partial charge on any atom is 0.494 e. The van der Waals surface area contributed by atoms with E-state index < -0.39 is 9.84 Å². The molecule has 2 heterocycles. The Labute approximate surface area is 186 Å². The van der Waals surface area contributed by atoms with Crippen molar-refractivity contribution in [1.82, 2.24) is 4.90 Å². The molecular weight excluding hydrogens is 409 g/mol. The van der Waals surface area contributed by atoms with Gasteiger partial charge in [0, 0.05) is 25.9 Å². The van der Waals surface area contributed by atoms with Crippen LogP contribution in [0, 0.1) is 5.92 Å². The molecule has 2 fully saturated rings. The standard InChI is InChI=1S/C24H32BNO4S/c1-23(2)24(3,4)30-25(29-23)22-12-10-21(11-13-22)20-8-6-18(7-9-20)14-26-15-19(16-26)17-31(5,27)28/h6-13,19H,14-17H2,1-5H3. The molecule has 7 heteroatoms. The Bertz CT molecular complexity index is 1010. The van der Waals surface area contributed by atoms with Gasteiger partial charge in [0.25, 0.3) is 0 Å². The molecular formula is C24H32BNO4S. The summed E-state index contributed by atoms with van der Waals surface area (Å²) in [6.45, 7) is 10.8. The Morgan fingerprint density at radius 1 is 0.903 bits per heavy atom. The number of likely N-dealkylation sites (tertiary alicyclic amines) is 1. The van der Waals surface area contributed by atoms with E-state index >= 15 is 0 Å². The van der Waals surface area contributed by atoms with Crippen molar-refractivity contribution in [2.24, 2.45) is 5.92 Å². The fraction of sp³-hybridized carbons (Fsp3) is 0.500. The predicted molar refractivity (Wildman–Crippen MR) is 126 cm³/mol. The summed E-state index contributed by atoms with van der Waals surface area (Å²) in [4.78, 5) is 2.30. The van der Waals surface area contributed by atoms with E-state index in [-0.39, 0.29) is 24.2 Å². The summed E-state index contributed by atoms with van der Waals surface area (Å²) < 4.78 is 35.1. The number of nitrogens with zero attached hydrogens (tertiary/aromatic N) is 1. The highest BCUT2D eigenvalue weighted by Crippen LogP contribution is 2.36. The summed E-state index contributed by atoms with van der Waals surface area (Å²) in [7, 11) is -3.22. The largest absolute Gasteiger partial charge is 0.494 e. The zero-order chi connectivity index (χ0) is 22.4. The number of hydrogen-bond acceptors (Lipinski definition) is 5. The van der Waals surface area contributed by atoms with E-state index in [9.17, 15) is 8.42 Å². The Hall–Kier alpha value is -1.67. The summed E-state index contributed by atoms with van der Waals surface area (Å²) >= 11 is 0. The van der Waals surface area contributed by atoms with Gasteiger partial charge in [-0.2, -0.15) is 0 Å². The molecule has 2 aromatic rings. The maximum absolute atomic E-state index is 11.4. The van der Waals surface area contributed by atoms with E-state index in [0.29, 0.717) is 5.75 Å². The first kappa shape index (κ1) is 22.5. The monoisotopic (exact) mass is 441 g/mol. The molecule has 2 aliphatic heterocycles. The van der Waals surface area contributed by atoms with Crippen molar-refractivity contribution in [2.75, 3.05) is 25.1 Å². The molecule has 5 nitrogen and oxygen atoms in total.